The van der Waals surface area contributed by atoms with Gasteiger partial charge in [0.25, 0.3) is 0 Å². The molecule has 0 radical (unpaired) electrons. The number of piperazine rings is 1. The van der Waals surface area contributed by atoms with Gasteiger partial charge in [0.1, 0.15) is 6.04 Å². The van der Waals surface area contributed by atoms with Gasteiger partial charge in [-0.15, -0.1) is 0 Å². The Balaban J connectivity index is 1.48. The lowest BCUT2D eigenvalue weighted by Crippen LogP contribution is -2.64. The van der Waals surface area contributed by atoms with Gasteiger partial charge in [-0.2, -0.15) is 5.26 Å². The summed E-state index contributed by atoms with van der Waals surface area (Å²) in [6.07, 6.45) is 7.62. The molecule has 4 saturated carbocycles. The fourth-order valence-corrected chi connectivity index (χ4v) is 5.63. The number of carbonyl (C=O) groups is 1. The lowest BCUT2D eigenvalue weighted by Gasteiger charge is -2.57. The monoisotopic (exact) mass is 288 g/mol. The SMILES string of the molecule is N#CC1CNCCN1C(=O)NC12CC3CC(CC(C3)C1)C2. The number of carbonyl (C=O) groups excluding carboxylic acids is 1. The summed E-state index contributed by atoms with van der Waals surface area (Å²) < 4.78 is 0. The normalized spacial score (nSPS) is 44.4. The maximum absolute atomic E-state index is 12.7. The van der Waals surface area contributed by atoms with Crippen LogP contribution in [0, 0.1) is 29.1 Å². The molecule has 5 nitrogen and oxygen atoms in total. The van der Waals surface area contributed by atoms with Crippen LogP contribution in [-0.2, 0) is 0 Å². The smallest absolute Gasteiger partial charge is 0.318 e. The fourth-order valence-electron chi connectivity index (χ4n) is 5.63. The summed E-state index contributed by atoms with van der Waals surface area (Å²) in [6.45, 7) is 2.01. The molecule has 5 fully saturated rings. The zero-order valence-corrected chi connectivity index (χ0v) is 12.5. The van der Waals surface area contributed by atoms with Gasteiger partial charge in [-0.05, 0) is 56.3 Å². The Morgan fingerprint density at radius 3 is 2.38 bits per heavy atom. The van der Waals surface area contributed by atoms with Crippen LogP contribution >= 0.6 is 0 Å². The molecule has 2 amide bonds. The summed E-state index contributed by atoms with van der Waals surface area (Å²) in [5.74, 6) is 2.48. The van der Waals surface area contributed by atoms with Crippen molar-refractivity contribution in [3.63, 3.8) is 0 Å². The van der Waals surface area contributed by atoms with Gasteiger partial charge in [0.05, 0.1) is 6.07 Å². The van der Waals surface area contributed by atoms with E-state index < -0.39 is 0 Å². The maximum Gasteiger partial charge on any atom is 0.318 e. The Morgan fingerprint density at radius 2 is 1.81 bits per heavy atom. The fraction of sp³-hybridized carbons (Fsp3) is 0.875. The van der Waals surface area contributed by atoms with Crippen LogP contribution in [0.3, 0.4) is 0 Å². The van der Waals surface area contributed by atoms with Crippen molar-refractivity contribution in [2.45, 2.75) is 50.1 Å². The van der Waals surface area contributed by atoms with E-state index in [0.29, 0.717) is 13.1 Å². The average Bonchev–Trinajstić information content (AvgIpc) is 2.45. The van der Waals surface area contributed by atoms with Crippen LogP contribution in [0.25, 0.3) is 0 Å². The highest BCUT2D eigenvalue weighted by atomic mass is 16.2. The second-order valence-electron chi connectivity index (χ2n) is 7.67. The molecule has 21 heavy (non-hydrogen) atoms. The largest absolute Gasteiger partial charge is 0.332 e. The van der Waals surface area contributed by atoms with Crippen LogP contribution in [0.5, 0.6) is 0 Å². The van der Waals surface area contributed by atoms with Crippen LogP contribution in [0.2, 0.25) is 0 Å². The molecule has 0 aromatic carbocycles. The van der Waals surface area contributed by atoms with E-state index in [9.17, 15) is 10.1 Å². The third-order valence-corrected chi connectivity index (χ3v) is 6.06. The molecule has 2 N–H and O–H groups in total. The topological polar surface area (TPSA) is 68.2 Å². The van der Waals surface area contributed by atoms with Gasteiger partial charge < -0.3 is 15.5 Å². The Labute approximate surface area is 126 Å². The van der Waals surface area contributed by atoms with Gasteiger partial charge in [-0.1, -0.05) is 0 Å². The molecule has 1 atom stereocenters. The molecule has 4 bridgehead atoms. The van der Waals surface area contributed by atoms with Crippen LogP contribution in [0.1, 0.15) is 38.5 Å². The van der Waals surface area contributed by atoms with E-state index in [4.69, 9.17) is 0 Å². The number of hydrogen-bond donors (Lipinski definition) is 2. The molecule has 1 heterocycles. The molecule has 1 saturated heterocycles. The van der Waals surface area contributed by atoms with Crippen molar-refractivity contribution in [2.75, 3.05) is 19.6 Å². The highest BCUT2D eigenvalue weighted by molar-refractivity contribution is 5.76. The van der Waals surface area contributed by atoms with E-state index in [1.807, 2.05) is 0 Å². The molecule has 5 aliphatic rings. The predicted octanol–water partition coefficient (Wildman–Crippen LogP) is 1.46. The summed E-state index contributed by atoms with van der Waals surface area (Å²) in [5.41, 5.74) is 0.0384. The molecule has 0 spiro atoms. The highest BCUT2D eigenvalue weighted by Crippen LogP contribution is 2.55. The lowest BCUT2D eigenvalue weighted by molar-refractivity contribution is -0.0163. The first kappa shape index (κ1) is 13.4. The molecule has 1 unspecified atom stereocenters. The molecular weight excluding hydrogens is 264 g/mol. The third kappa shape index (κ3) is 2.30. The zero-order valence-electron chi connectivity index (χ0n) is 12.5. The summed E-state index contributed by atoms with van der Waals surface area (Å²) in [5, 5.41) is 15.8. The Hall–Kier alpha value is -1.28. The number of nitriles is 1. The number of nitrogens with one attached hydrogen (secondary N) is 2. The third-order valence-electron chi connectivity index (χ3n) is 6.06. The van der Waals surface area contributed by atoms with Crippen LogP contribution in [0.4, 0.5) is 4.79 Å². The number of urea groups is 1. The van der Waals surface area contributed by atoms with Crippen molar-refractivity contribution in [1.29, 1.82) is 5.26 Å². The van der Waals surface area contributed by atoms with Crippen molar-refractivity contribution >= 4 is 6.03 Å². The first-order valence-corrected chi connectivity index (χ1v) is 8.36. The van der Waals surface area contributed by atoms with Crippen LogP contribution < -0.4 is 10.6 Å². The lowest BCUT2D eigenvalue weighted by atomic mass is 9.53. The minimum absolute atomic E-state index is 0.00926. The maximum atomic E-state index is 12.7. The predicted molar refractivity (Wildman–Crippen MR) is 78.4 cm³/mol. The van der Waals surface area contributed by atoms with Crippen molar-refractivity contribution in [1.82, 2.24) is 15.5 Å². The molecule has 0 aromatic rings. The molecule has 5 heteroatoms. The Morgan fingerprint density at radius 1 is 1.19 bits per heavy atom. The quantitative estimate of drug-likeness (QED) is 0.767. The molecule has 114 valence electrons. The Bertz CT molecular complexity index is 448. The van der Waals surface area contributed by atoms with Crippen LogP contribution in [-0.4, -0.2) is 42.1 Å². The van der Waals surface area contributed by atoms with Gasteiger partial charge in [-0.25, -0.2) is 4.79 Å². The minimum atomic E-state index is -0.326. The minimum Gasteiger partial charge on any atom is -0.332 e. The van der Waals surface area contributed by atoms with E-state index in [2.05, 4.69) is 16.7 Å². The van der Waals surface area contributed by atoms with E-state index in [1.54, 1.807) is 4.90 Å². The van der Waals surface area contributed by atoms with Crippen molar-refractivity contribution in [3.05, 3.63) is 0 Å². The highest BCUT2D eigenvalue weighted by Gasteiger charge is 2.52. The average molecular weight is 288 g/mol. The summed E-state index contributed by atoms with van der Waals surface area (Å²) in [4.78, 5) is 14.4. The molecule has 0 aromatic heterocycles. The van der Waals surface area contributed by atoms with E-state index in [-0.39, 0.29) is 17.6 Å². The summed E-state index contributed by atoms with van der Waals surface area (Å²) >= 11 is 0. The Kier molecular flexibility index (Phi) is 3.11. The summed E-state index contributed by atoms with van der Waals surface area (Å²) in [7, 11) is 0. The molecule has 5 rings (SSSR count). The zero-order chi connectivity index (χ0) is 14.4. The van der Waals surface area contributed by atoms with Gasteiger partial charge in [0.2, 0.25) is 0 Å². The van der Waals surface area contributed by atoms with Crippen molar-refractivity contribution in [2.24, 2.45) is 17.8 Å². The van der Waals surface area contributed by atoms with E-state index in [0.717, 1.165) is 43.6 Å². The first-order valence-electron chi connectivity index (χ1n) is 8.36. The van der Waals surface area contributed by atoms with Crippen LogP contribution in [0.15, 0.2) is 0 Å². The van der Waals surface area contributed by atoms with Crippen molar-refractivity contribution < 1.29 is 4.79 Å². The second-order valence-corrected chi connectivity index (χ2v) is 7.67. The number of rotatable bonds is 1. The van der Waals surface area contributed by atoms with E-state index in [1.165, 1.54) is 19.3 Å². The number of nitrogens with zero attached hydrogens (tertiary/aromatic N) is 2. The summed E-state index contributed by atoms with van der Waals surface area (Å²) in [6, 6.07) is 1.91. The standard InChI is InChI=1S/C16H24N4O/c17-9-14-10-18-1-2-20(14)15(21)19-16-6-11-3-12(7-16)5-13(4-11)8-16/h11-14,18H,1-8,10H2,(H,19,21). The molecule has 1 aliphatic heterocycles. The molecular formula is C16H24N4O. The second kappa shape index (κ2) is 4.88. The van der Waals surface area contributed by atoms with Gasteiger partial charge in [0.15, 0.2) is 0 Å². The van der Waals surface area contributed by atoms with E-state index >= 15 is 0 Å². The number of amides is 2. The van der Waals surface area contributed by atoms with Gasteiger partial charge >= 0.3 is 6.03 Å². The van der Waals surface area contributed by atoms with Gasteiger partial charge in [-0.3, -0.25) is 0 Å². The molecule has 4 aliphatic carbocycles. The number of hydrogen-bond acceptors (Lipinski definition) is 3. The first-order chi connectivity index (χ1) is 10.2. The van der Waals surface area contributed by atoms with Gasteiger partial charge in [0, 0.05) is 25.2 Å². The van der Waals surface area contributed by atoms with Crippen molar-refractivity contribution in [3.8, 4) is 6.07 Å².